The van der Waals surface area contributed by atoms with E-state index in [1.54, 1.807) is 0 Å². The molecule has 0 heterocycles. The molecule has 6 atom stereocenters. The number of rotatable bonds is 0. The molecule has 0 N–H and O–H groups in total. The van der Waals surface area contributed by atoms with E-state index in [9.17, 15) is 0 Å². The van der Waals surface area contributed by atoms with Crippen LogP contribution in [0.3, 0.4) is 0 Å². The van der Waals surface area contributed by atoms with Gasteiger partial charge in [-0.2, -0.15) is 0 Å². The van der Waals surface area contributed by atoms with Crippen LogP contribution in [0.4, 0.5) is 0 Å². The van der Waals surface area contributed by atoms with E-state index in [-0.39, 0.29) is 0 Å². The highest BCUT2D eigenvalue weighted by Crippen LogP contribution is 2.82. The largest absolute Gasteiger partial charge is 0.0619 e. The van der Waals surface area contributed by atoms with Crippen LogP contribution in [0.2, 0.25) is 0 Å². The zero-order valence-electron chi connectivity index (χ0n) is 16.2. The standard InChI is InChI=1S/C21H38/c1-13-11-16-15-12-20(9,19(7,8)21(13,16)10)18(5,6)17(3,4)14(15)2/h13-16H,11-12H2,1-10H3. The zero-order chi connectivity index (χ0) is 16.2. The Labute approximate surface area is 133 Å². The minimum absolute atomic E-state index is 0.378. The molecule has 0 aromatic carbocycles. The second-order valence-electron chi connectivity index (χ2n) is 11.0. The van der Waals surface area contributed by atoms with Crippen molar-refractivity contribution in [2.75, 3.05) is 0 Å². The highest BCUT2D eigenvalue weighted by molar-refractivity contribution is 5.24. The third kappa shape index (κ3) is 1.29. The van der Waals surface area contributed by atoms with Gasteiger partial charge >= 0.3 is 0 Å². The molecule has 0 spiro atoms. The molecule has 2 bridgehead atoms. The van der Waals surface area contributed by atoms with Gasteiger partial charge in [0.2, 0.25) is 0 Å². The van der Waals surface area contributed by atoms with Crippen LogP contribution in [0, 0.1) is 50.7 Å². The van der Waals surface area contributed by atoms with Gasteiger partial charge in [0.1, 0.15) is 0 Å². The molecule has 3 fully saturated rings. The minimum Gasteiger partial charge on any atom is -0.0619 e. The summed E-state index contributed by atoms with van der Waals surface area (Å²) >= 11 is 0. The molecule has 0 aromatic heterocycles. The van der Waals surface area contributed by atoms with E-state index in [4.69, 9.17) is 0 Å². The summed E-state index contributed by atoms with van der Waals surface area (Å²) < 4.78 is 0. The topological polar surface area (TPSA) is 0 Å². The van der Waals surface area contributed by atoms with Crippen LogP contribution < -0.4 is 0 Å². The first kappa shape index (κ1) is 15.9. The van der Waals surface area contributed by atoms with Crippen molar-refractivity contribution in [1.82, 2.24) is 0 Å². The van der Waals surface area contributed by atoms with E-state index in [0.29, 0.717) is 27.1 Å². The van der Waals surface area contributed by atoms with Crippen LogP contribution in [-0.2, 0) is 0 Å². The Balaban J connectivity index is 2.23. The van der Waals surface area contributed by atoms with Gasteiger partial charge in [-0.25, -0.2) is 0 Å². The lowest BCUT2D eigenvalue weighted by Gasteiger charge is -2.80. The number of hydrogen-bond acceptors (Lipinski definition) is 0. The second kappa shape index (κ2) is 3.73. The predicted molar refractivity (Wildman–Crippen MR) is 92.1 cm³/mol. The van der Waals surface area contributed by atoms with Crippen molar-refractivity contribution in [1.29, 1.82) is 0 Å². The summed E-state index contributed by atoms with van der Waals surface area (Å²) in [5.41, 5.74) is 2.18. The Morgan fingerprint density at radius 1 is 0.762 bits per heavy atom. The molecule has 21 heavy (non-hydrogen) atoms. The highest BCUT2D eigenvalue weighted by Gasteiger charge is 2.76. The van der Waals surface area contributed by atoms with Gasteiger partial charge < -0.3 is 0 Å². The summed E-state index contributed by atoms with van der Waals surface area (Å²) in [5.74, 6) is 3.63. The fourth-order valence-corrected chi connectivity index (χ4v) is 7.61. The monoisotopic (exact) mass is 290 g/mol. The highest BCUT2D eigenvalue weighted by atomic mass is 14.8. The molecule has 3 rings (SSSR count). The summed E-state index contributed by atoms with van der Waals surface area (Å²) in [4.78, 5) is 0. The first-order chi connectivity index (χ1) is 9.27. The molecule has 3 aliphatic rings. The first-order valence-electron chi connectivity index (χ1n) is 9.27. The lowest BCUT2D eigenvalue weighted by molar-refractivity contribution is -0.326. The van der Waals surface area contributed by atoms with Gasteiger partial charge in [0.05, 0.1) is 0 Å². The van der Waals surface area contributed by atoms with Crippen molar-refractivity contribution in [3.05, 3.63) is 0 Å². The lowest BCUT2D eigenvalue weighted by Crippen LogP contribution is -2.74. The van der Waals surface area contributed by atoms with E-state index in [1.807, 2.05) is 0 Å². The zero-order valence-corrected chi connectivity index (χ0v) is 16.2. The fraction of sp³-hybridized carbons (Fsp3) is 1.00. The van der Waals surface area contributed by atoms with Crippen molar-refractivity contribution in [2.45, 2.75) is 82.1 Å². The van der Waals surface area contributed by atoms with Crippen molar-refractivity contribution < 1.29 is 0 Å². The normalized spacial score (nSPS) is 56.3. The van der Waals surface area contributed by atoms with Crippen LogP contribution in [0.25, 0.3) is 0 Å². The van der Waals surface area contributed by atoms with Crippen molar-refractivity contribution in [2.24, 2.45) is 50.7 Å². The molecule has 6 unspecified atom stereocenters. The summed E-state index contributed by atoms with van der Waals surface area (Å²) in [7, 11) is 0. The van der Waals surface area contributed by atoms with Gasteiger partial charge in [0.15, 0.2) is 0 Å². The van der Waals surface area contributed by atoms with Gasteiger partial charge in [-0.15, -0.1) is 0 Å². The van der Waals surface area contributed by atoms with Gasteiger partial charge in [-0.05, 0) is 63.6 Å². The molecule has 0 saturated heterocycles. The lowest BCUT2D eigenvalue weighted by atomic mass is 9.24. The Morgan fingerprint density at radius 2 is 1.29 bits per heavy atom. The number of fused-ring (bicyclic) bond motifs is 4. The average Bonchev–Trinajstić information content (AvgIpc) is 2.37. The maximum absolute atomic E-state index is 2.64. The van der Waals surface area contributed by atoms with E-state index >= 15 is 0 Å². The molecule has 3 aliphatic carbocycles. The van der Waals surface area contributed by atoms with E-state index in [1.165, 1.54) is 12.8 Å². The third-order valence-electron chi connectivity index (χ3n) is 11.1. The molecule has 122 valence electrons. The summed E-state index contributed by atoms with van der Waals surface area (Å²) in [5, 5.41) is 0. The summed E-state index contributed by atoms with van der Waals surface area (Å²) in [6.07, 6.45) is 2.92. The van der Waals surface area contributed by atoms with Crippen LogP contribution in [0.1, 0.15) is 82.1 Å². The molecular weight excluding hydrogens is 252 g/mol. The second-order valence-corrected chi connectivity index (χ2v) is 11.0. The fourth-order valence-electron chi connectivity index (χ4n) is 7.61. The summed E-state index contributed by atoms with van der Waals surface area (Å²) in [6, 6.07) is 0. The molecule has 0 amide bonds. The van der Waals surface area contributed by atoms with Crippen LogP contribution >= 0.6 is 0 Å². The Morgan fingerprint density at radius 3 is 1.76 bits per heavy atom. The van der Waals surface area contributed by atoms with E-state index < -0.39 is 0 Å². The van der Waals surface area contributed by atoms with Crippen LogP contribution in [-0.4, -0.2) is 0 Å². The van der Waals surface area contributed by atoms with E-state index in [2.05, 4.69) is 69.2 Å². The SMILES string of the molecule is CC1C2CC(C)(C(C)(C)C1(C)C)C(C)(C)C1(C)C(C)CC21. The van der Waals surface area contributed by atoms with Crippen LogP contribution in [0.15, 0.2) is 0 Å². The molecule has 0 nitrogen and oxygen atoms in total. The quantitative estimate of drug-likeness (QED) is 0.484. The Kier molecular flexibility index (Phi) is 2.82. The Hall–Kier alpha value is 0. The molecule has 0 aliphatic heterocycles. The van der Waals surface area contributed by atoms with E-state index in [0.717, 1.165) is 23.7 Å². The van der Waals surface area contributed by atoms with Crippen molar-refractivity contribution in [3.63, 3.8) is 0 Å². The smallest absolute Gasteiger partial charge is 0.0210 e. The molecular formula is C21H38. The first-order valence-corrected chi connectivity index (χ1v) is 9.27. The minimum atomic E-state index is 0.378. The maximum Gasteiger partial charge on any atom is -0.0210 e. The molecule has 3 saturated carbocycles. The third-order valence-corrected chi connectivity index (χ3v) is 11.1. The molecule has 0 heteroatoms. The van der Waals surface area contributed by atoms with Gasteiger partial charge in [-0.3, -0.25) is 0 Å². The molecule has 0 aromatic rings. The van der Waals surface area contributed by atoms with Crippen molar-refractivity contribution >= 4 is 0 Å². The predicted octanol–water partition coefficient (Wildman–Crippen LogP) is 6.40. The van der Waals surface area contributed by atoms with Gasteiger partial charge in [0.25, 0.3) is 0 Å². The number of hydrogen-bond donors (Lipinski definition) is 0. The maximum atomic E-state index is 2.64. The summed E-state index contributed by atoms with van der Waals surface area (Å²) in [6.45, 7) is 25.9. The average molecular weight is 291 g/mol. The van der Waals surface area contributed by atoms with Crippen LogP contribution in [0.5, 0.6) is 0 Å². The Bertz CT molecular complexity index is 468. The molecule has 0 radical (unpaired) electrons. The van der Waals surface area contributed by atoms with Gasteiger partial charge in [-0.1, -0.05) is 69.2 Å². The van der Waals surface area contributed by atoms with Crippen molar-refractivity contribution in [3.8, 4) is 0 Å². The van der Waals surface area contributed by atoms with Gasteiger partial charge in [0, 0.05) is 0 Å².